The number of rotatable bonds is 2. The number of halogens is 1. The van der Waals surface area contributed by atoms with Gasteiger partial charge in [-0.05, 0) is 42.8 Å². The van der Waals surface area contributed by atoms with Gasteiger partial charge in [0, 0.05) is 29.6 Å². The lowest BCUT2D eigenvalue weighted by Crippen LogP contribution is -2.39. The first-order chi connectivity index (χ1) is 14.5. The van der Waals surface area contributed by atoms with E-state index in [2.05, 4.69) is 15.0 Å². The maximum atomic E-state index is 13.7. The first kappa shape index (κ1) is 18.3. The van der Waals surface area contributed by atoms with Crippen molar-refractivity contribution in [1.82, 2.24) is 19.9 Å². The molecule has 30 heavy (non-hydrogen) atoms. The van der Waals surface area contributed by atoms with Crippen molar-refractivity contribution in [2.75, 3.05) is 6.54 Å². The zero-order valence-electron chi connectivity index (χ0n) is 16.3. The summed E-state index contributed by atoms with van der Waals surface area (Å²) >= 11 is 0. The van der Waals surface area contributed by atoms with Crippen molar-refractivity contribution in [2.45, 2.75) is 19.4 Å². The van der Waals surface area contributed by atoms with Crippen molar-refractivity contribution in [3.05, 3.63) is 88.9 Å². The molecule has 1 unspecified atom stereocenters. The Balaban J connectivity index is 1.57. The van der Waals surface area contributed by atoms with Crippen LogP contribution in [0, 0.1) is 12.7 Å². The van der Waals surface area contributed by atoms with Crippen molar-refractivity contribution in [1.29, 1.82) is 0 Å². The van der Waals surface area contributed by atoms with Gasteiger partial charge < -0.3 is 15.0 Å². The van der Waals surface area contributed by atoms with Crippen LogP contribution in [-0.2, 0) is 6.54 Å². The van der Waals surface area contributed by atoms with Gasteiger partial charge >= 0.3 is 0 Å². The number of aromatic hydroxyl groups is 1. The molecule has 3 heterocycles. The lowest BCUT2D eigenvalue weighted by Gasteiger charge is -2.32. The molecule has 5 rings (SSSR count). The maximum absolute atomic E-state index is 13.7. The van der Waals surface area contributed by atoms with Crippen LogP contribution in [0.2, 0.25) is 0 Å². The molecule has 0 radical (unpaired) electrons. The number of phenols is 1. The fourth-order valence-electron chi connectivity index (χ4n) is 4.16. The molecule has 0 bridgehead atoms. The second-order valence-electron chi connectivity index (χ2n) is 7.57. The van der Waals surface area contributed by atoms with Crippen LogP contribution in [-0.4, -0.2) is 37.4 Å². The number of benzene rings is 2. The summed E-state index contributed by atoms with van der Waals surface area (Å²) in [7, 11) is 0. The molecule has 0 saturated heterocycles. The normalized spacial score (nSPS) is 15.9. The van der Waals surface area contributed by atoms with E-state index in [9.17, 15) is 14.3 Å². The second-order valence-corrected chi connectivity index (χ2v) is 7.57. The smallest absolute Gasteiger partial charge is 0.254 e. The summed E-state index contributed by atoms with van der Waals surface area (Å²) in [5, 5.41) is 10.5. The van der Waals surface area contributed by atoms with Crippen LogP contribution in [0.4, 0.5) is 4.39 Å². The Morgan fingerprint density at radius 3 is 2.93 bits per heavy atom. The molecule has 1 atom stereocenters. The zero-order chi connectivity index (χ0) is 20.8. The molecule has 150 valence electrons. The monoisotopic (exact) mass is 402 g/mol. The summed E-state index contributed by atoms with van der Waals surface area (Å²) in [6.45, 7) is 2.61. The highest BCUT2D eigenvalue weighted by Gasteiger charge is 2.32. The van der Waals surface area contributed by atoms with Crippen molar-refractivity contribution < 1.29 is 14.3 Å². The number of H-pyrrole nitrogens is 1. The van der Waals surface area contributed by atoms with E-state index in [1.807, 2.05) is 6.07 Å². The molecule has 4 aromatic rings. The molecule has 2 aromatic carbocycles. The average Bonchev–Trinajstić information content (AvgIpc) is 3.20. The van der Waals surface area contributed by atoms with Crippen molar-refractivity contribution in [3.8, 4) is 5.75 Å². The molecule has 1 aliphatic heterocycles. The molecule has 1 amide bonds. The van der Waals surface area contributed by atoms with Gasteiger partial charge in [0.05, 0.1) is 35.3 Å². The Kier molecular flexibility index (Phi) is 4.24. The van der Waals surface area contributed by atoms with E-state index in [0.717, 1.165) is 17.0 Å². The molecule has 6 nitrogen and oxygen atoms in total. The van der Waals surface area contributed by atoms with E-state index in [4.69, 9.17) is 0 Å². The number of amides is 1. The van der Waals surface area contributed by atoms with E-state index in [1.165, 1.54) is 12.1 Å². The Labute approximate surface area is 172 Å². The van der Waals surface area contributed by atoms with Gasteiger partial charge in [0.15, 0.2) is 0 Å². The minimum absolute atomic E-state index is 0.150. The van der Waals surface area contributed by atoms with E-state index in [-0.39, 0.29) is 23.4 Å². The van der Waals surface area contributed by atoms with Gasteiger partial charge in [-0.25, -0.2) is 9.37 Å². The lowest BCUT2D eigenvalue weighted by atomic mass is 9.90. The van der Waals surface area contributed by atoms with Crippen LogP contribution < -0.4 is 0 Å². The fourth-order valence-corrected chi connectivity index (χ4v) is 4.16. The van der Waals surface area contributed by atoms with Gasteiger partial charge in [-0.3, -0.25) is 9.78 Å². The van der Waals surface area contributed by atoms with Crippen molar-refractivity contribution >= 4 is 16.8 Å². The molecule has 2 aromatic heterocycles. The summed E-state index contributed by atoms with van der Waals surface area (Å²) in [5.41, 5.74) is 4.24. The first-order valence-corrected chi connectivity index (χ1v) is 9.67. The number of aromatic amines is 1. The van der Waals surface area contributed by atoms with Crippen LogP contribution in [0.3, 0.4) is 0 Å². The standard InChI is InChI=1S/C23H19FN4O2/c1-13-7-18(17-6-5-15(24)9-20(17)27-13)23(30)28-10-19(14-3-2-4-16(29)8-14)22-21(11-28)25-12-26-22/h2-9,12,19,29H,10-11H2,1H3,(H,25,26). The third-order valence-electron chi connectivity index (χ3n) is 5.52. The third-order valence-corrected chi connectivity index (χ3v) is 5.52. The number of aryl methyl sites for hydroxylation is 1. The minimum atomic E-state index is -0.386. The van der Waals surface area contributed by atoms with E-state index in [0.29, 0.717) is 35.2 Å². The largest absolute Gasteiger partial charge is 0.508 e. The number of fused-ring (bicyclic) bond motifs is 2. The summed E-state index contributed by atoms with van der Waals surface area (Å²) in [6, 6.07) is 13.1. The summed E-state index contributed by atoms with van der Waals surface area (Å²) in [6.07, 6.45) is 1.63. The Morgan fingerprint density at radius 1 is 1.23 bits per heavy atom. The number of nitrogens with one attached hydrogen (secondary N) is 1. The number of hydrogen-bond donors (Lipinski definition) is 2. The van der Waals surface area contributed by atoms with Gasteiger partial charge in [0.25, 0.3) is 5.91 Å². The maximum Gasteiger partial charge on any atom is 0.254 e. The number of pyridine rings is 1. The third kappa shape index (κ3) is 3.08. The SMILES string of the molecule is Cc1cc(C(=O)N2Cc3[nH]cnc3C(c3cccc(O)c3)C2)c2ccc(F)cc2n1. The molecule has 0 saturated carbocycles. The number of imidazole rings is 1. The van der Waals surface area contributed by atoms with Crippen LogP contribution in [0.5, 0.6) is 5.75 Å². The number of hydrogen-bond acceptors (Lipinski definition) is 4. The summed E-state index contributed by atoms with van der Waals surface area (Å²) < 4.78 is 13.7. The highest BCUT2D eigenvalue weighted by molar-refractivity contribution is 6.06. The van der Waals surface area contributed by atoms with Gasteiger partial charge in [-0.15, -0.1) is 0 Å². The predicted octanol–water partition coefficient (Wildman–Crippen LogP) is 3.90. The molecule has 0 aliphatic carbocycles. The topological polar surface area (TPSA) is 82.1 Å². The lowest BCUT2D eigenvalue weighted by molar-refractivity contribution is 0.0723. The second kappa shape index (κ2) is 6.95. The van der Waals surface area contributed by atoms with Crippen LogP contribution in [0.1, 0.15) is 38.9 Å². The average molecular weight is 402 g/mol. The summed E-state index contributed by atoms with van der Waals surface area (Å²) in [5.74, 6) is -0.529. The molecule has 0 spiro atoms. The zero-order valence-corrected chi connectivity index (χ0v) is 16.3. The van der Waals surface area contributed by atoms with Gasteiger partial charge in [-0.1, -0.05) is 12.1 Å². The van der Waals surface area contributed by atoms with Crippen molar-refractivity contribution in [2.24, 2.45) is 0 Å². The molecule has 0 fully saturated rings. The number of carbonyl (C=O) groups is 1. The van der Waals surface area contributed by atoms with Gasteiger partial charge in [-0.2, -0.15) is 0 Å². The predicted molar refractivity (Wildman–Crippen MR) is 110 cm³/mol. The highest BCUT2D eigenvalue weighted by Crippen LogP contribution is 2.34. The molecule has 2 N–H and O–H groups in total. The van der Waals surface area contributed by atoms with Crippen LogP contribution in [0.15, 0.2) is 54.9 Å². The summed E-state index contributed by atoms with van der Waals surface area (Å²) in [4.78, 5) is 27.3. The number of carbonyl (C=O) groups excluding carboxylic acids is 1. The number of aromatic nitrogens is 3. The molecule has 1 aliphatic rings. The Morgan fingerprint density at radius 2 is 2.10 bits per heavy atom. The molecule has 7 heteroatoms. The van der Waals surface area contributed by atoms with E-state index in [1.54, 1.807) is 48.5 Å². The van der Waals surface area contributed by atoms with E-state index < -0.39 is 0 Å². The van der Waals surface area contributed by atoms with E-state index >= 15 is 0 Å². The Bertz CT molecular complexity index is 1280. The van der Waals surface area contributed by atoms with Crippen LogP contribution >= 0.6 is 0 Å². The van der Waals surface area contributed by atoms with Crippen LogP contribution in [0.25, 0.3) is 10.9 Å². The van der Waals surface area contributed by atoms with Gasteiger partial charge in [0.1, 0.15) is 11.6 Å². The fraction of sp³-hybridized carbons (Fsp3) is 0.174. The highest BCUT2D eigenvalue weighted by atomic mass is 19.1. The van der Waals surface area contributed by atoms with Gasteiger partial charge in [0.2, 0.25) is 0 Å². The minimum Gasteiger partial charge on any atom is -0.508 e. The quantitative estimate of drug-likeness (QED) is 0.533. The molecular weight excluding hydrogens is 383 g/mol. The first-order valence-electron chi connectivity index (χ1n) is 9.67. The number of nitrogens with zero attached hydrogens (tertiary/aromatic N) is 3. The van der Waals surface area contributed by atoms with Crippen molar-refractivity contribution in [3.63, 3.8) is 0 Å². The molecular formula is C23H19FN4O2. The Hall–Kier alpha value is -3.74. The number of phenolic OH excluding ortho intramolecular Hbond substituents is 1.